The molecule has 122 valence electrons. The molecule has 0 saturated carbocycles. The topological polar surface area (TPSA) is 44.8 Å². The molecule has 0 aromatic heterocycles. The number of nitrogens with one attached hydrogen (secondary N) is 1. The van der Waals surface area contributed by atoms with Crippen molar-refractivity contribution in [3.8, 4) is 0 Å². The van der Waals surface area contributed by atoms with Crippen LogP contribution in [0.5, 0.6) is 0 Å². The van der Waals surface area contributed by atoms with Crippen molar-refractivity contribution < 1.29 is 9.53 Å². The summed E-state index contributed by atoms with van der Waals surface area (Å²) in [5, 5.41) is 2.99. The van der Waals surface area contributed by atoms with E-state index in [1.54, 1.807) is 0 Å². The number of carbonyl (C=O) groups excluding carboxylic acids is 1. The molecule has 1 fully saturated rings. The normalized spacial score (nSPS) is 16.0. The maximum absolute atomic E-state index is 12.2. The van der Waals surface area contributed by atoms with Crippen LogP contribution in [0.2, 0.25) is 0 Å². The molecule has 0 aliphatic carbocycles. The van der Waals surface area contributed by atoms with E-state index in [9.17, 15) is 4.79 Å². The summed E-state index contributed by atoms with van der Waals surface area (Å²) in [4.78, 5) is 16.7. The number of morpholine rings is 1. The molecule has 1 N–H and O–H groups in total. The van der Waals surface area contributed by atoms with E-state index in [-0.39, 0.29) is 5.91 Å². The first-order valence-corrected chi connectivity index (χ1v) is 7.97. The summed E-state index contributed by atoms with van der Waals surface area (Å²) in [5.41, 5.74) is 1.93. The van der Waals surface area contributed by atoms with Crippen LogP contribution in [0, 0.1) is 0 Å². The van der Waals surface area contributed by atoms with Crippen LogP contribution in [0.1, 0.15) is 22.3 Å². The monoisotopic (exact) mass is 305 g/mol. The maximum atomic E-state index is 12.2. The van der Waals surface area contributed by atoms with Crippen molar-refractivity contribution in [2.45, 2.75) is 13.0 Å². The Hall–Kier alpha value is -1.43. The standard InChI is InChI=1S/C17H27N3O2/c1-19(2)8-4-7-18-17(21)16-6-3-5-15(13-16)14-20-9-11-22-12-10-20/h3,5-6,13H,4,7-12,14H2,1-2H3,(H,18,21). The Labute approximate surface area is 133 Å². The molecular weight excluding hydrogens is 278 g/mol. The Bertz CT molecular complexity index is 471. The number of nitrogens with zero attached hydrogens (tertiary/aromatic N) is 2. The Morgan fingerprint density at radius 3 is 2.82 bits per heavy atom. The van der Waals surface area contributed by atoms with Gasteiger partial charge in [0.15, 0.2) is 0 Å². The summed E-state index contributed by atoms with van der Waals surface area (Å²) in [6.45, 7) is 6.09. The fourth-order valence-corrected chi connectivity index (χ4v) is 2.53. The van der Waals surface area contributed by atoms with Gasteiger partial charge in [-0.3, -0.25) is 9.69 Å². The van der Waals surface area contributed by atoms with E-state index in [1.807, 2.05) is 32.3 Å². The van der Waals surface area contributed by atoms with Crippen molar-refractivity contribution in [2.24, 2.45) is 0 Å². The van der Waals surface area contributed by atoms with Crippen LogP contribution in [0.3, 0.4) is 0 Å². The van der Waals surface area contributed by atoms with Gasteiger partial charge in [0.05, 0.1) is 13.2 Å². The lowest BCUT2D eigenvalue weighted by atomic mass is 10.1. The van der Waals surface area contributed by atoms with Gasteiger partial charge in [-0.05, 0) is 44.8 Å². The van der Waals surface area contributed by atoms with Gasteiger partial charge in [0.25, 0.3) is 5.91 Å². The second-order valence-electron chi connectivity index (χ2n) is 6.00. The van der Waals surface area contributed by atoms with Crippen LogP contribution in [0.4, 0.5) is 0 Å². The third kappa shape index (κ3) is 5.75. The second-order valence-corrected chi connectivity index (χ2v) is 6.00. The Balaban J connectivity index is 1.83. The zero-order valence-electron chi connectivity index (χ0n) is 13.7. The van der Waals surface area contributed by atoms with Crippen LogP contribution in [-0.2, 0) is 11.3 Å². The molecule has 2 rings (SSSR count). The molecule has 22 heavy (non-hydrogen) atoms. The van der Waals surface area contributed by atoms with Crippen molar-refractivity contribution in [3.63, 3.8) is 0 Å². The van der Waals surface area contributed by atoms with Crippen LogP contribution >= 0.6 is 0 Å². The molecule has 1 aromatic rings. The highest BCUT2D eigenvalue weighted by Gasteiger charge is 2.12. The van der Waals surface area contributed by atoms with Crippen LogP contribution in [0.15, 0.2) is 24.3 Å². The van der Waals surface area contributed by atoms with Gasteiger partial charge < -0.3 is 15.0 Å². The van der Waals surface area contributed by atoms with E-state index in [0.717, 1.165) is 51.4 Å². The van der Waals surface area contributed by atoms with E-state index in [1.165, 1.54) is 5.56 Å². The average molecular weight is 305 g/mol. The molecule has 1 aliphatic heterocycles. The first-order valence-electron chi connectivity index (χ1n) is 7.97. The van der Waals surface area contributed by atoms with Gasteiger partial charge in [-0.2, -0.15) is 0 Å². The predicted octanol–water partition coefficient (Wildman–Crippen LogP) is 1.20. The van der Waals surface area contributed by atoms with Gasteiger partial charge in [-0.25, -0.2) is 0 Å². The van der Waals surface area contributed by atoms with Crippen LogP contribution in [0.25, 0.3) is 0 Å². The van der Waals surface area contributed by atoms with Crippen LogP contribution < -0.4 is 5.32 Å². The van der Waals surface area contributed by atoms with Gasteiger partial charge >= 0.3 is 0 Å². The molecule has 1 heterocycles. The summed E-state index contributed by atoms with van der Waals surface area (Å²) in [7, 11) is 4.08. The number of carbonyl (C=O) groups is 1. The van der Waals surface area contributed by atoms with E-state index in [0.29, 0.717) is 6.54 Å². The highest BCUT2D eigenvalue weighted by molar-refractivity contribution is 5.94. The lowest BCUT2D eigenvalue weighted by Crippen LogP contribution is -2.35. The molecule has 0 unspecified atom stereocenters. The van der Waals surface area contributed by atoms with Gasteiger partial charge in [0.2, 0.25) is 0 Å². The molecule has 0 radical (unpaired) electrons. The molecule has 0 bridgehead atoms. The maximum Gasteiger partial charge on any atom is 0.251 e. The van der Waals surface area contributed by atoms with E-state index in [2.05, 4.69) is 21.2 Å². The molecule has 1 aromatic carbocycles. The lowest BCUT2D eigenvalue weighted by Gasteiger charge is -2.26. The first-order chi connectivity index (χ1) is 10.6. The number of hydrogen-bond acceptors (Lipinski definition) is 4. The van der Waals surface area contributed by atoms with E-state index in [4.69, 9.17) is 4.74 Å². The summed E-state index contributed by atoms with van der Waals surface area (Å²) >= 11 is 0. The summed E-state index contributed by atoms with van der Waals surface area (Å²) in [6, 6.07) is 7.92. The van der Waals surface area contributed by atoms with Crippen molar-refractivity contribution in [2.75, 3.05) is 53.5 Å². The molecule has 1 aliphatic rings. The van der Waals surface area contributed by atoms with Gasteiger partial charge in [0.1, 0.15) is 0 Å². The zero-order valence-corrected chi connectivity index (χ0v) is 13.7. The molecular formula is C17H27N3O2. The minimum absolute atomic E-state index is 0.0163. The highest BCUT2D eigenvalue weighted by Crippen LogP contribution is 2.10. The Kier molecular flexibility index (Phi) is 6.83. The minimum atomic E-state index is 0.0163. The quantitative estimate of drug-likeness (QED) is 0.769. The largest absolute Gasteiger partial charge is 0.379 e. The van der Waals surface area contributed by atoms with Crippen molar-refractivity contribution in [1.29, 1.82) is 0 Å². The minimum Gasteiger partial charge on any atom is -0.379 e. The number of amides is 1. The lowest BCUT2D eigenvalue weighted by molar-refractivity contribution is 0.0342. The summed E-state index contributed by atoms with van der Waals surface area (Å²) in [6.07, 6.45) is 0.964. The van der Waals surface area contributed by atoms with Gasteiger partial charge in [-0.1, -0.05) is 12.1 Å². The smallest absolute Gasteiger partial charge is 0.251 e. The third-order valence-corrected chi connectivity index (χ3v) is 3.77. The summed E-state index contributed by atoms with van der Waals surface area (Å²) in [5.74, 6) is 0.0163. The molecule has 0 atom stereocenters. The average Bonchev–Trinajstić information content (AvgIpc) is 2.52. The number of hydrogen-bond donors (Lipinski definition) is 1. The SMILES string of the molecule is CN(C)CCCNC(=O)c1cccc(CN2CCOCC2)c1. The molecule has 5 nitrogen and oxygen atoms in total. The van der Waals surface area contributed by atoms with E-state index >= 15 is 0 Å². The molecule has 1 amide bonds. The molecule has 1 saturated heterocycles. The molecule has 0 spiro atoms. The second kappa shape index (κ2) is 8.88. The fourth-order valence-electron chi connectivity index (χ4n) is 2.53. The summed E-state index contributed by atoms with van der Waals surface area (Å²) < 4.78 is 5.36. The first kappa shape index (κ1) is 16.9. The van der Waals surface area contributed by atoms with E-state index < -0.39 is 0 Å². The predicted molar refractivity (Wildman–Crippen MR) is 88.0 cm³/mol. The highest BCUT2D eigenvalue weighted by atomic mass is 16.5. The van der Waals surface area contributed by atoms with Gasteiger partial charge in [0, 0.05) is 31.7 Å². The van der Waals surface area contributed by atoms with Crippen molar-refractivity contribution in [3.05, 3.63) is 35.4 Å². The Morgan fingerprint density at radius 1 is 1.32 bits per heavy atom. The third-order valence-electron chi connectivity index (χ3n) is 3.77. The number of rotatable bonds is 7. The fraction of sp³-hybridized carbons (Fsp3) is 0.588. The molecule has 5 heteroatoms. The van der Waals surface area contributed by atoms with Crippen molar-refractivity contribution >= 4 is 5.91 Å². The Morgan fingerprint density at radius 2 is 2.09 bits per heavy atom. The number of ether oxygens (including phenoxy) is 1. The van der Waals surface area contributed by atoms with Crippen LogP contribution in [-0.4, -0.2) is 69.2 Å². The van der Waals surface area contributed by atoms with Gasteiger partial charge in [-0.15, -0.1) is 0 Å². The van der Waals surface area contributed by atoms with Crippen molar-refractivity contribution in [1.82, 2.24) is 15.1 Å². The zero-order chi connectivity index (χ0) is 15.8. The number of benzene rings is 1.